The molecule has 4 nitrogen and oxygen atoms in total. The minimum atomic E-state index is -0.168. The summed E-state index contributed by atoms with van der Waals surface area (Å²) in [5.74, 6) is -0.168. The molecule has 0 bridgehead atoms. The minimum absolute atomic E-state index is 0.168. The Morgan fingerprint density at radius 3 is 2.34 bits per heavy atom. The highest BCUT2D eigenvalue weighted by atomic mass is 35.5. The third-order valence-corrected chi connectivity index (χ3v) is 4.92. The number of hydrogen-bond donors (Lipinski definition) is 0. The second-order valence-electron chi connectivity index (χ2n) is 6.77. The summed E-state index contributed by atoms with van der Waals surface area (Å²) in [6, 6.07) is 27.3. The molecule has 0 radical (unpaired) electrons. The molecule has 0 atom stereocenters. The van der Waals surface area contributed by atoms with E-state index in [1.807, 2.05) is 73.8 Å². The number of nitrogens with zero attached hydrogens (tertiary/aromatic N) is 3. The van der Waals surface area contributed by atoms with Crippen LogP contribution in [0, 0.1) is 0 Å². The van der Waals surface area contributed by atoms with Gasteiger partial charge in [0, 0.05) is 23.5 Å². The molecule has 5 heteroatoms. The van der Waals surface area contributed by atoms with Crippen molar-refractivity contribution in [2.45, 2.75) is 13.5 Å². The second-order valence-corrected chi connectivity index (χ2v) is 7.21. The van der Waals surface area contributed by atoms with E-state index in [2.05, 4.69) is 22.1 Å². The Hall–Kier alpha value is -3.37. The summed E-state index contributed by atoms with van der Waals surface area (Å²) >= 11 is 6.09. The molecule has 1 amide bonds. The molecule has 1 aliphatic rings. The molecule has 1 heterocycles. The maximum absolute atomic E-state index is 13.1. The summed E-state index contributed by atoms with van der Waals surface area (Å²) < 4.78 is 0. The molecular formula is C24H20ClN3O. The number of benzene rings is 3. The van der Waals surface area contributed by atoms with Crippen LogP contribution in [0.4, 0.5) is 11.4 Å². The quantitative estimate of drug-likeness (QED) is 0.517. The number of carbonyl (C=O) groups is 1. The van der Waals surface area contributed by atoms with E-state index in [0.29, 0.717) is 28.5 Å². The van der Waals surface area contributed by atoms with Gasteiger partial charge in [0.1, 0.15) is 0 Å². The highest BCUT2D eigenvalue weighted by Crippen LogP contribution is 2.27. The van der Waals surface area contributed by atoms with Crippen molar-refractivity contribution in [1.82, 2.24) is 0 Å². The van der Waals surface area contributed by atoms with Crippen LogP contribution in [0.25, 0.3) is 0 Å². The smallest absolute Gasteiger partial charge is 0.282 e. The fourth-order valence-electron chi connectivity index (χ4n) is 3.22. The number of anilines is 2. The Bertz CT molecular complexity index is 1080. The van der Waals surface area contributed by atoms with Crippen molar-refractivity contribution in [2.75, 3.05) is 9.91 Å². The van der Waals surface area contributed by atoms with E-state index in [1.165, 1.54) is 5.01 Å². The Morgan fingerprint density at radius 1 is 0.966 bits per heavy atom. The molecule has 4 rings (SSSR count). The van der Waals surface area contributed by atoms with Crippen molar-refractivity contribution < 1.29 is 4.79 Å². The summed E-state index contributed by atoms with van der Waals surface area (Å²) in [5.41, 5.74) is 4.04. The van der Waals surface area contributed by atoms with Gasteiger partial charge in [-0.2, -0.15) is 10.1 Å². The lowest BCUT2D eigenvalue weighted by atomic mass is 10.1. The molecule has 0 aromatic heterocycles. The van der Waals surface area contributed by atoms with Crippen LogP contribution in [0.5, 0.6) is 0 Å². The van der Waals surface area contributed by atoms with Gasteiger partial charge >= 0.3 is 0 Å². The van der Waals surface area contributed by atoms with E-state index in [4.69, 9.17) is 11.6 Å². The summed E-state index contributed by atoms with van der Waals surface area (Å²) in [5, 5.41) is 6.43. The van der Waals surface area contributed by atoms with Gasteiger partial charge in [-0.3, -0.25) is 4.79 Å². The Kier molecular flexibility index (Phi) is 5.45. The highest BCUT2D eigenvalue weighted by molar-refractivity contribution is 6.32. The van der Waals surface area contributed by atoms with Crippen molar-refractivity contribution in [3.63, 3.8) is 0 Å². The van der Waals surface area contributed by atoms with E-state index in [9.17, 15) is 4.79 Å². The summed E-state index contributed by atoms with van der Waals surface area (Å²) in [7, 11) is 0. The van der Waals surface area contributed by atoms with E-state index >= 15 is 0 Å². The van der Waals surface area contributed by atoms with Crippen LogP contribution in [-0.4, -0.2) is 11.6 Å². The fourth-order valence-corrected chi connectivity index (χ4v) is 3.40. The Labute approximate surface area is 175 Å². The van der Waals surface area contributed by atoms with Crippen molar-refractivity contribution in [1.29, 1.82) is 0 Å². The maximum Gasteiger partial charge on any atom is 0.282 e. The van der Waals surface area contributed by atoms with Crippen LogP contribution >= 0.6 is 11.6 Å². The number of halogens is 1. The van der Waals surface area contributed by atoms with Crippen molar-refractivity contribution >= 4 is 34.6 Å². The minimum Gasteiger partial charge on any atom is -0.343 e. The molecule has 0 saturated carbocycles. The third kappa shape index (κ3) is 4.23. The number of carbonyl (C=O) groups excluding carboxylic acids is 1. The number of rotatable bonds is 5. The number of hydrazone groups is 1. The molecule has 3 aromatic rings. The summed E-state index contributed by atoms with van der Waals surface area (Å²) in [6.45, 7) is 2.49. The number of para-hydroxylation sites is 1. The maximum atomic E-state index is 13.1. The first-order valence-corrected chi connectivity index (χ1v) is 9.72. The lowest BCUT2D eigenvalue weighted by Crippen LogP contribution is -2.24. The second kappa shape index (κ2) is 8.33. The van der Waals surface area contributed by atoms with Crippen LogP contribution in [0.15, 0.2) is 102 Å². The van der Waals surface area contributed by atoms with E-state index in [0.717, 1.165) is 11.3 Å². The van der Waals surface area contributed by atoms with E-state index in [1.54, 1.807) is 12.1 Å². The third-order valence-electron chi connectivity index (χ3n) is 4.68. The molecule has 1 aliphatic heterocycles. The summed E-state index contributed by atoms with van der Waals surface area (Å²) in [6.07, 6.45) is 1.88. The average molecular weight is 402 g/mol. The normalized spacial score (nSPS) is 15.0. The fraction of sp³-hybridized carbons (Fsp3) is 0.0833. The highest BCUT2D eigenvalue weighted by Gasteiger charge is 2.29. The Morgan fingerprint density at radius 2 is 1.66 bits per heavy atom. The first-order chi connectivity index (χ1) is 14.1. The standard InChI is InChI=1S/C24H20ClN3O/c1-18-23(24(29)28(26-18)22-14-8-11-20(25)15-22)17-27(21-12-6-3-7-13-21)16-19-9-4-2-5-10-19/h2-15,17H,16H2,1H3/b23-17-. The van der Waals surface area contributed by atoms with Gasteiger partial charge in [0.25, 0.3) is 5.91 Å². The predicted molar refractivity (Wildman–Crippen MR) is 119 cm³/mol. The van der Waals surface area contributed by atoms with E-state index < -0.39 is 0 Å². The van der Waals surface area contributed by atoms with Gasteiger partial charge in [-0.1, -0.05) is 66.2 Å². The number of hydrogen-bond acceptors (Lipinski definition) is 3. The van der Waals surface area contributed by atoms with Crippen LogP contribution in [0.3, 0.4) is 0 Å². The van der Waals surface area contributed by atoms with Gasteiger partial charge in [0.2, 0.25) is 0 Å². The average Bonchev–Trinajstić information content (AvgIpc) is 3.03. The molecule has 144 valence electrons. The van der Waals surface area contributed by atoms with Crippen LogP contribution in [-0.2, 0) is 11.3 Å². The first kappa shape index (κ1) is 19.0. The molecule has 29 heavy (non-hydrogen) atoms. The van der Waals surface area contributed by atoms with Crippen LogP contribution in [0.1, 0.15) is 12.5 Å². The number of amides is 1. The zero-order chi connectivity index (χ0) is 20.2. The van der Waals surface area contributed by atoms with Gasteiger partial charge in [0.15, 0.2) is 0 Å². The molecule has 3 aromatic carbocycles. The van der Waals surface area contributed by atoms with Gasteiger partial charge in [-0.25, -0.2) is 0 Å². The predicted octanol–water partition coefficient (Wildman–Crippen LogP) is 5.65. The largest absolute Gasteiger partial charge is 0.343 e. The van der Waals surface area contributed by atoms with Crippen molar-refractivity contribution in [2.24, 2.45) is 5.10 Å². The molecule has 0 aliphatic carbocycles. The van der Waals surface area contributed by atoms with Crippen molar-refractivity contribution in [3.05, 3.63) is 107 Å². The topological polar surface area (TPSA) is 35.9 Å². The van der Waals surface area contributed by atoms with Crippen LogP contribution in [0.2, 0.25) is 5.02 Å². The zero-order valence-corrected chi connectivity index (χ0v) is 16.8. The lowest BCUT2D eigenvalue weighted by Gasteiger charge is -2.22. The molecule has 0 fully saturated rings. The Balaban J connectivity index is 1.68. The SMILES string of the molecule is CC1=NN(c2cccc(Cl)c2)C(=O)/C1=C\N(Cc1ccccc1)c1ccccc1. The molecule has 0 unspecified atom stereocenters. The van der Waals surface area contributed by atoms with Gasteiger partial charge in [-0.15, -0.1) is 0 Å². The van der Waals surface area contributed by atoms with Crippen LogP contribution < -0.4 is 9.91 Å². The summed E-state index contributed by atoms with van der Waals surface area (Å²) in [4.78, 5) is 15.2. The van der Waals surface area contributed by atoms with Gasteiger partial charge in [-0.05, 0) is 42.8 Å². The molecule has 0 N–H and O–H groups in total. The molecule has 0 spiro atoms. The first-order valence-electron chi connectivity index (χ1n) is 9.35. The lowest BCUT2D eigenvalue weighted by molar-refractivity contribution is -0.114. The van der Waals surface area contributed by atoms with E-state index in [-0.39, 0.29) is 5.91 Å². The van der Waals surface area contributed by atoms with Gasteiger partial charge in [0.05, 0.1) is 17.0 Å². The monoisotopic (exact) mass is 401 g/mol. The van der Waals surface area contributed by atoms with Crippen molar-refractivity contribution in [3.8, 4) is 0 Å². The van der Waals surface area contributed by atoms with Gasteiger partial charge < -0.3 is 4.90 Å². The molecule has 0 saturated heterocycles. The molecular weight excluding hydrogens is 382 g/mol. The zero-order valence-electron chi connectivity index (χ0n) is 16.0.